The highest BCUT2D eigenvalue weighted by Gasteiger charge is 2.17. The summed E-state index contributed by atoms with van der Waals surface area (Å²) in [5, 5.41) is 5.63. The molecule has 0 aromatic heterocycles. The number of sulfonamides is 1. The van der Waals surface area contributed by atoms with Crippen molar-refractivity contribution in [1.29, 1.82) is 0 Å². The molecule has 0 aliphatic carbocycles. The molecule has 32 heavy (non-hydrogen) atoms. The van der Waals surface area contributed by atoms with Crippen molar-refractivity contribution >= 4 is 33.2 Å². The molecule has 0 fully saturated rings. The summed E-state index contributed by atoms with van der Waals surface area (Å²) in [6.07, 6.45) is 0.784. The number of anilines is 2. The van der Waals surface area contributed by atoms with Crippen molar-refractivity contribution in [2.75, 3.05) is 10.0 Å². The molecule has 1 atom stereocenters. The van der Waals surface area contributed by atoms with Gasteiger partial charge in [0.25, 0.3) is 21.8 Å². The third-order valence-electron chi connectivity index (χ3n) is 4.84. The zero-order chi connectivity index (χ0) is 23.1. The maximum atomic E-state index is 12.8. The molecular weight excluding hydrogens is 426 g/mol. The van der Waals surface area contributed by atoms with Crippen LogP contribution in [-0.4, -0.2) is 26.3 Å². The lowest BCUT2D eigenvalue weighted by Gasteiger charge is -2.15. The highest BCUT2D eigenvalue weighted by molar-refractivity contribution is 7.92. The van der Waals surface area contributed by atoms with Gasteiger partial charge in [0.1, 0.15) is 0 Å². The molecule has 3 aromatic rings. The second kappa shape index (κ2) is 10.1. The van der Waals surface area contributed by atoms with Crippen LogP contribution in [0.1, 0.15) is 41.0 Å². The lowest BCUT2D eigenvalue weighted by molar-refractivity contribution is 0.0940. The van der Waals surface area contributed by atoms with Crippen molar-refractivity contribution in [2.24, 2.45) is 0 Å². The summed E-state index contributed by atoms with van der Waals surface area (Å²) in [5.41, 5.74) is 1.22. The Morgan fingerprint density at radius 1 is 0.875 bits per heavy atom. The number of nitrogens with one attached hydrogen (secondary N) is 3. The van der Waals surface area contributed by atoms with Gasteiger partial charge >= 0.3 is 0 Å². The topological polar surface area (TPSA) is 104 Å². The molecule has 0 aliphatic rings. The molecule has 2 amide bonds. The van der Waals surface area contributed by atoms with Crippen molar-refractivity contribution in [2.45, 2.75) is 31.2 Å². The molecule has 3 N–H and O–H groups in total. The molecule has 166 valence electrons. The highest BCUT2D eigenvalue weighted by Crippen LogP contribution is 2.20. The van der Waals surface area contributed by atoms with Gasteiger partial charge in [-0.1, -0.05) is 43.3 Å². The third kappa shape index (κ3) is 5.73. The fraction of sp³-hybridized carbons (Fsp3) is 0.167. The zero-order valence-electron chi connectivity index (χ0n) is 17.8. The fourth-order valence-corrected chi connectivity index (χ4v) is 4.00. The molecule has 0 saturated carbocycles. The van der Waals surface area contributed by atoms with E-state index in [0.29, 0.717) is 11.3 Å². The zero-order valence-corrected chi connectivity index (χ0v) is 18.6. The minimum Gasteiger partial charge on any atom is -0.350 e. The molecule has 0 bridgehead atoms. The largest absolute Gasteiger partial charge is 0.350 e. The Hall–Kier alpha value is -3.65. The summed E-state index contributed by atoms with van der Waals surface area (Å²) in [5.74, 6) is -0.742. The van der Waals surface area contributed by atoms with Crippen LogP contribution < -0.4 is 15.4 Å². The Labute approximate surface area is 187 Å². The Kier molecular flexibility index (Phi) is 7.27. The lowest BCUT2D eigenvalue weighted by atomic mass is 10.1. The summed E-state index contributed by atoms with van der Waals surface area (Å²) in [7, 11) is -3.78. The van der Waals surface area contributed by atoms with Crippen LogP contribution in [0, 0.1) is 0 Å². The first-order valence-electron chi connectivity index (χ1n) is 10.2. The van der Waals surface area contributed by atoms with Crippen LogP contribution in [0.4, 0.5) is 11.4 Å². The van der Waals surface area contributed by atoms with Gasteiger partial charge in [-0.05, 0) is 55.8 Å². The van der Waals surface area contributed by atoms with E-state index >= 15 is 0 Å². The van der Waals surface area contributed by atoms with Crippen molar-refractivity contribution in [3.8, 4) is 0 Å². The van der Waals surface area contributed by atoms with E-state index in [0.717, 1.165) is 6.42 Å². The van der Waals surface area contributed by atoms with Crippen molar-refractivity contribution in [3.63, 3.8) is 0 Å². The molecule has 0 heterocycles. The number of carbonyl (C=O) groups is 2. The normalized spacial score (nSPS) is 11.9. The first-order valence-corrected chi connectivity index (χ1v) is 11.7. The number of rotatable bonds is 8. The minimum atomic E-state index is -3.78. The Morgan fingerprint density at radius 3 is 2.28 bits per heavy atom. The van der Waals surface area contributed by atoms with Crippen LogP contribution in [0.15, 0.2) is 83.8 Å². The standard InChI is InChI=1S/C24H25N3O4S/c1-3-17(2)25-24(29)21-14-7-8-15-22(21)26-23(28)18-10-9-11-19(16-18)27-32(30,31)20-12-5-4-6-13-20/h4-17,27H,3H2,1-2H3,(H,25,29)(H,26,28)/t17-/m1/s1. The number of benzene rings is 3. The molecule has 0 saturated heterocycles. The second-order valence-corrected chi connectivity index (χ2v) is 8.96. The third-order valence-corrected chi connectivity index (χ3v) is 6.24. The number of amides is 2. The molecule has 0 unspecified atom stereocenters. The van der Waals surface area contributed by atoms with Gasteiger partial charge in [-0.25, -0.2) is 8.42 Å². The van der Waals surface area contributed by atoms with E-state index in [2.05, 4.69) is 15.4 Å². The summed E-state index contributed by atoms with van der Waals surface area (Å²) in [4.78, 5) is 25.5. The summed E-state index contributed by atoms with van der Waals surface area (Å²) in [6, 6.07) is 20.8. The van der Waals surface area contributed by atoms with Crippen LogP contribution >= 0.6 is 0 Å². The SMILES string of the molecule is CC[C@@H](C)NC(=O)c1ccccc1NC(=O)c1cccc(NS(=O)(=O)c2ccccc2)c1. The fourth-order valence-electron chi connectivity index (χ4n) is 2.93. The number of para-hydroxylation sites is 1. The predicted molar refractivity (Wildman–Crippen MR) is 125 cm³/mol. The van der Waals surface area contributed by atoms with Gasteiger partial charge in [-0.15, -0.1) is 0 Å². The van der Waals surface area contributed by atoms with Crippen LogP contribution in [0.2, 0.25) is 0 Å². The summed E-state index contributed by atoms with van der Waals surface area (Å²) < 4.78 is 27.6. The average molecular weight is 452 g/mol. The highest BCUT2D eigenvalue weighted by atomic mass is 32.2. The molecule has 0 radical (unpaired) electrons. The summed E-state index contributed by atoms with van der Waals surface area (Å²) in [6.45, 7) is 3.87. The molecule has 0 spiro atoms. The molecule has 0 aliphatic heterocycles. The van der Waals surface area contributed by atoms with E-state index in [1.54, 1.807) is 60.7 Å². The maximum absolute atomic E-state index is 12.8. The monoisotopic (exact) mass is 451 g/mol. The van der Waals surface area contributed by atoms with Gasteiger partial charge in [0, 0.05) is 17.3 Å². The smallest absolute Gasteiger partial charge is 0.261 e. The van der Waals surface area contributed by atoms with Crippen LogP contribution in [0.3, 0.4) is 0 Å². The van der Waals surface area contributed by atoms with Crippen molar-refractivity contribution in [3.05, 3.63) is 90.0 Å². The minimum absolute atomic E-state index is 0.000534. The van der Waals surface area contributed by atoms with E-state index in [1.165, 1.54) is 18.2 Å². The first kappa shape index (κ1) is 23.0. The predicted octanol–water partition coefficient (Wildman–Crippen LogP) is 4.27. The van der Waals surface area contributed by atoms with E-state index in [4.69, 9.17) is 0 Å². The average Bonchev–Trinajstić information content (AvgIpc) is 2.79. The lowest BCUT2D eigenvalue weighted by Crippen LogP contribution is -2.32. The quantitative estimate of drug-likeness (QED) is 0.476. The Balaban J connectivity index is 1.78. The van der Waals surface area contributed by atoms with Gasteiger partial charge < -0.3 is 10.6 Å². The maximum Gasteiger partial charge on any atom is 0.261 e. The van der Waals surface area contributed by atoms with E-state index in [-0.39, 0.29) is 28.1 Å². The Bertz CT molecular complexity index is 1210. The first-order chi connectivity index (χ1) is 15.3. The van der Waals surface area contributed by atoms with E-state index < -0.39 is 15.9 Å². The molecule has 3 rings (SSSR count). The van der Waals surface area contributed by atoms with Gasteiger partial charge in [-0.2, -0.15) is 0 Å². The van der Waals surface area contributed by atoms with E-state index in [9.17, 15) is 18.0 Å². The van der Waals surface area contributed by atoms with Gasteiger partial charge in [0.2, 0.25) is 0 Å². The second-order valence-electron chi connectivity index (χ2n) is 7.28. The Morgan fingerprint density at radius 2 is 1.56 bits per heavy atom. The van der Waals surface area contributed by atoms with Crippen LogP contribution in [0.5, 0.6) is 0 Å². The number of carbonyl (C=O) groups excluding carboxylic acids is 2. The summed E-state index contributed by atoms with van der Waals surface area (Å²) >= 11 is 0. The van der Waals surface area contributed by atoms with Gasteiger partial charge in [0.15, 0.2) is 0 Å². The molecular formula is C24H25N3O4S. The molecule has 8 heteroatoms. The number of hydrogen-bond donors (Lipinski definition) is 3. The van der Waals surface area contributed by atoms with Crippen molar-refractivity contribution in [1.82, 2.24) is 5.32 Å². The van der Waals surface area contributed by atoms with Crippen LogP contribution in [0.25, 0.3) is 0 Å². The van der Waals surface area contributed by atoms with Gasteiger partial charge in [-0.3, -0.25) is 14.3 Å². The molecule has 3 aromatic carbocycles. The van der Waals surface area contributed by atoms with Crippen molar-refractivity contribution < 1.29 is 18.0 Å². The van der Waals surface area contributed by atoms with E-state index in [1.807, 2.05) is 13.8 Å². The number of hydrogen-bond acceptors (Lipinski definition) is 4. The van der Waals surface area contributed by atoms with Crippen LogP contribution in [-0.2, 0) is 10.0 Å². The van der Waals surface area contributed by atoms with Gasteiger partial charge in [0.05, 0.1) is 16.1 Å². The molecule has 7 nitrogen and oxygen atoms in total.